The lowest BCUT2D eigenvalue weighted by Gasteiger charge is -2.01. The van der Waals surface area contributed by atoms with Crippen molar-refractivity contribution in [2.75, 3.05) is 20.0 Å². The molecule has 0 saturated carbocycles. The van der Waals surface area contributed by atoms with Gasteiger partial charge in [0.15, 0.2) is 0 Å². The van der Waals surface area contributed by atoms with E-state index in [1.165, 1.54) is 20.4 Å². The maximum Gasteiger partial charge on any atom is 0.338 e. The molecule has 0 saturated heterocycles. The number of carbonyl (C=O) groups excluding carboxylic acids is 2. The molecule has 0 unspecified atom stereocenters. The Hall–Kier alpha value is -5.22. The third-order valence-corrected chi connectivity index (χ3v) is 7.03. The third kappa shape index (κ3) is 5.27. The summed E-state index contributed by atoms with van der Waals surface area (Å²) in [7, 11) is 2.61. The molecule has 208 valence electrons. The minimum absolute atomic E-state index is 0.200. The Bertz CT molecular complexity index is 2030. The van der Waals surface area contributed by atoms with Crippen LogP contribution in [0.4, 0.5) is 5.69 Å². The van der Waals surface area contributed by atoms with Crippen LogP contribution in [0.5, 0.6) is 0 Å². The van der Waals surface area contributed by atoms with E-state index >= 15 is 0 Å². The van der Waals surface area contributed by atoms with Gasteiger partial charge in [0.2, 0.25) is 10.9 Å². The Morgan fingerprint density at radius 1 is 0.667 bits per heavy atom. The average molecular weight is 624 g/mol. The molecule has 0 aliphatic rings. The number of benzene rings is 2. The van der Waals surface area contributed by atoms with Gasteiger partial charge in [0.25, 0.3) is 0 Å². The summed E-state index contributed by atoms with van der Waals surface area (Å²) in [6.07, 6.45) is 2.94. The van der Waals surface area contributed by atoms with Gasteiger partial charge in [-0.1, -0.05) is 48.5 Å². The van der Waals surface area contributed by atoms with Crippen molar-refractivity contribution in [3.8, 4) is 0 Å². The van der Waals surface area contributed by atoms with E-state index in [1.807, 2.05) is 6.07 Å². The van der Waals surface area contributed by atoms with E-state index in [9.17, 15) is 19.2 Å². The zero-order valence-corrected chi connectivity index (χ0v) is 24.0. The normalized spacial score (nSPS) is 10.7. The molecule has 0 radical (unpaired) electrons. The van der Waals surface area contributed by atoms with E-state index in [2.05, 4.69) is 25.9 Å². The molecule has 0 aliphatic heterocycles. The number of nitrogens with zero attached hydrogens (tertiary/aromatic N) is 2. The topological polar surface area (TPSA) is 139 Å². The van der Waals surface area contributed by atoms with Crippen LogP contribution in [-0.4, -0.2) is 36.1 Å². The summed E-state index contributed by atoms with van der Waals surface area (Å²) in [6.45, 7) is 0. The summed E-state index contributed by atoms with van der Waals surface area (Å²) in [6, 6.07) is 20.7. The van der Waals surface area contributed by atoms with Gasteiger partial charge in [-0.3, -0.25) is 14.6 Å². The van der Waals surface area contributed by atoms with E-state index in [0.717, 1.165) is 0 Å². The zero-order valence-electron chi connectivity index (χ0n) is 22.4. The highest BCUT2D eigenvalue weighted by Gasteiger charge is 2.16. The van der Waals surface area contributed by atoms with E-state index in [4.69, 9.17) is 15.2 Å². The van der Waals surface area contributed by atoms with Crippen LogP contribution in [0.25, 0.3) is 43.4 Å². The molecule has 10 heteroatoms. The lowest BCUT2D eigenvalue weighted by molar-refractivity contribution is 0.0594. The number of nitrogens with two attached hydrogens (primary N) is 1. The largest absolute Gasteiger partial charge is 0.465 e. The molecule has 0 fully saturated rings. The molecule has 0 aliphatic carbocycles. The summed E-state index contributed by atoms with van der Waals surface area (Å²) >= 11 is 3.32. The number of hydrogen-bond donors (Lipinski definition) is 1. The summed E-state index contributed by atoms with van der Waals surface area (Å²) in [5.74, 6) is -1.03. The summed E-state index contributed by atoms with van der Waals surface area (Å²) < 4.78 is 10.3. The van der Waals surface area contributed by atoms with Crippen LogP contribution < -0.4 is 16.6 Å². The number of pyridine rings is 2. The number of esters is 2. The van der Waals surface area contributed by atoms with Crippen molar-refractivity contribution in [2.45, 2.75) is 0 Å². The molecule has 6 rings (SSSR count). The van der Waals surface area contributed by atoms with Gasteiger partial charge >= 0.3 is 11.9 Å². The zero-order chi connectivity index (χ0) is 30.0. The van der Waals surface area contributed by atoms with Gasteiger partial charge in [-0.25, -0.2) is 14.6 Å². The minimum atomic E-state index is -0.534. The molecule has 2 aromatic heterocycles. The minimum Gasteiger partial charge on any atom is -0.465 e. The SMILES string of the molecule is COC(=O)c1cc2ccccc2c(=O)c2ncc(Br)cc12.COC(=O)c1cc2ccccc2c(=O)c2ncc(N)cc12. The number of hydrogen-bond acceptors (Lipinski definition) is 9. The summed E-state index contributed by atoms with van der Waals surface area (Å²) in [5.41, 5.74) is 6.70. The van der Waals surface area contributed by atoms with Crippen molar-refractivity contribution < 1.29 is 19.1 Å². The Morgan fingerprint density at radius 2 is 1.12 bits per heavy atom. The lowest BCUT2D eigenvalue weighted by Crippen LogP contribution is -2.04. The quantitative estimate of drug-likeness (QED) is 0.251. The van der Waals surface area contributed by atoms with Crippen molar-refractivity contribution in [3.05, 3.63) is 121 Å². The maximum absolute atomic E-state index is 12.6. The van der Waals surface area contributed by atoms with Gasteiger partial charge < -0.3 is 15.2 Å². The van der Waals surface area contributed by atoms with Crippen molar-refractivity contribution in [2.24, 2.45) is 0 Å². The van der Waals surface area contributed by atoms with E-state index in [0.29, 0.717) is 48.0 Å². The van der Waals surface area contributed by atoms with Gasteiger partial charge in [0.05, 0.1) is 37.2 Å². The van der Waals surface area contributed by atoms with Gasteiger partial charge in [-0.05, 0) is 51.0 Å². The second kappa shape index (κ2) is 11.7. The van der Waals surface area contributed by atoms with E-state index < -0.39 is 11.9 Å². The Morgan fingerprint density at radius 3 is 1.62 bits per heavy atom. The fourth-order valence-electron chi connectivity index (χ4n) is 4.63. The maximum atomic E-state index is 12.6. The third-order valence-electron chi connectivity index (χ3n) is 6.59. The molecule has 0 bridgehead atoms. The second-order valence-corrected chi connectivity index (χ2v) is 10.1. The first-order valence-electron chi connectivity index (χ1n) is 12.5. The molecule has 6 aromatic rings. The number of rotatable bonds is 2. The number of carbonyl (C=O) groups is 2. The first-order chi connectivity index (χ1) is 20.2. The summed E-state index contributed by atoms with van der Waals surface area (Å²) in [4.78, 5) is 57.6. The highest BCUT2D eigenvalue weighted by Crippen LogP contribution is 2.23. The van der Waals surface area contributed by atoms with Crippen molar-refractivity contribution in [1.82, 2.24) is 9.97 Å². The monoisotopic (exact) mass is 623 g/mol. The highest BCUT2D eigenvalue weighted by molar-refractivity contribution is 9.10. The average Bonchev–Trinajstić information content (AvgIpc) is 3.21. The van der Waals surface area contributed by atoms with Gasteiger partial charge in [0.1, 0.15) is 11.0 Å². The van der Waals surface area contributed by atoms with Crippen LogP contribution in [0.1, 0.15) is 20.7 Å². The summed E-state index contributed by atoms with van der Waals surface area (Å²) in [5, 5.41) is 3.21. The number of halogens is 1. The standard InChI is InChI=1S/C16H10BrNO3.C16H12N2O3/c2*1-21-16(20)13-6-9-4-2-3-5-11(9)15(19)14-12(13)7-10(17)8-18-14/h2-8H,1H3;2-8H,17H2,1H3. The molecule has 2 heterocycles. The molecule has 42 heavy (non-hydrogen) atoms. The molecule has 0 amide bonds. The first kappa shape index (κ1) is 28.3. The molecular formula is C32H22BrN3O6. The number of methoxy groups -OCH3 is 2. The predicted molar refractivity (Wildman–Crippen MR) is 166 cm³/mol. The van der Waals surface area contributed by atoms with Crippen molar-refractivity contribution in [1.29, 1.82) is 0 Å². The van der Waals surface area contributed by atoms with Crippen LogP contribution in [0.15, 0.2) is 99.3 Å². The fraction of sp³-hybridized carbons (Fsp3) is 0.0625. The number of anilines is 1. The molecule has 9 nitrogen and oxygen atoms in total. The van der Waals surface area contributed by atoms with Gasteiger partial charge in [-0.2, -0.15) is 0 Å². The van der Waals surface area contributed by atoms with E-state index in [1.54, 1.807) is 72.9 Å². The molecule has 0 spiro atoms. The number of nitrogen functional groups attached to an aromatic ring is 1. The van der Waals surface area contributed by atoms with Crippen LogP contribution >= 0.6 is 15.9 Å². The van der Waals surface area contributed by atoms with Gasteiger partial charge in [-0.15, -0.1) is 0 Å². The number of ether oxygens (including phenoxy) is 2. The first-order valence-corrected chi connectivity index (χ1v) is 13.3. The second-order valence-electron chi connectivity index (χ2n) is 9.15. The lowest BCUT2D eigenvalue weighted by atomic mass is 10.1. The van der Waals surface area contributed by atoms with Gasteiger partial charge in [0, 0.05) is 32.2 Å². The van der Waals surface area contributed by atoms with Crippen LogP contribution in [0.2, 0.25) is 0 Å². The van der Waals surface area contributed by atoms with Crippen molar-refractivity contribution >= 4 is 76.9 Å². The van der Waals surface area contributed by atoms with Crippen molar-refractivity contribution in [3.63, 3.8) is 0 Å². The molecule has 0 atom stereocenters. The number of fused-ring (bicyclic) bond motifs is 4. The van der Waals surface area contributed by atoms with E-state index in [-0.39, 0.29) is 27.5 Å². The highest BCUT2D eigenvalue weighted by atomic mass is 79.9. The molecule has 4 aromatic carbocycles. The Kier molecular flexibility index (Phi) is 7.90. The molecular weight excluding hydrogens is 602 g/mol. The predicted octanol–water partition coefficient (Wildman–Crippen LogP) is 5.41. The number of aromatic nitrogens is 2. The van der Waals surface area contributed by atoms with Crippen LogP contribution in [-0.2, 0) is 9.47 Å². The molecule has 2 N–H and O–H groups in total. The fourth-order valence-corrected chi connectivity index (χ4v) is 4.96. The smallest absolute Gasteiger partial charge is 0.338 e. The van der Waals surface area contributed by atoms with Crippen LogP contribution in [0, 0.1) is 0 Å². The Balaban J connectivity index is 0.000000168. The van der Waals surface area contributed by atoms with Crippen LogP contribution in [0.3, 0.4) is 0 Å². The Labute approximate surface area is 246 Å².